The highest BCUT2D eigenvalue weighted by atomic mass is 16.3. The van der Waals surface area contributed by atoms with Crippen LogP contribution in [0.15, 0.2) is 48.5 Å². The molecular formula is C30H40N4O5. The Hall–Kier alpha value is -3.72. The summed E-state index contributed by atoms with van der Waals surface area (Å²) in [6.45, 7) is 2.30. The third-order valence-corrected chi connectivity index (χ3v) is 7.06. The summed E-state index contributed by atoms with van der Waals surface area (Å²) in [6.07, 6.45) is 6.59. The van der Waals surface area contributed by atoms with Gasteiger partial charge in [0.1, 0.15) is 0 Å². The second-order valence-corrected chi connectivity index (χ2v) is 9.90. The Balaban J connectivity index is 0.00000134. The SMILES string of the molecule is O=C1CC(c2ccccc2)NCCCCN(C(=O)CCC(=O)Nc2ccc3c(c2)CCC3)CCCN1.O=CO. The van der Waals surface area contributed by atoms with Crippen molar-refractivity contribution in [3.05, 3.63) is 65.2 Å². The fraction of sp³-hybridized carbons (Fsp3) is 0.467. The molecule has 210 valence electrons. The van der Waals surface area contributed by atoms with Gasteiger partial charge in [-0.3, -0.25) is 19.2 Å². The Labute approximate surface area is 230 Å². The minimum atomic E-state index is -0.250. The zero-order valence-corrected chi connectivity index (χ0v) is 22.5. The fourth-order valence-electron chi connectivity index (χ4n) is 5.07. The maximum atomic E-state index is 12.9. The lowest BCUT2D eigenvalue weighted by atomic mass is 10.0. The van der Waals surface area contributed by atoms with Crippen LogP contribution in [-0.4, -0.2) is 60.4 Å². The minimum absolute atomic E-state index is 0.00424. The van der Waals surface area contributed by atoms with Gasteiger partial charge in [-0.2, -0.15) is 0 Å². The number of aryl methyl sites for hydroxylation is 2. The molecule has 0 bridgehead atoms. The normalized spacial score (nSPS) is 18.1. The van der Waals surface area contributed by atoms with Crippen LogP contribution in [0.25, 0.3) is 0 Å². The topological polar surface area (TPSA) is 128 Å². The lowest BCUT2D eigenvalue weighted by Crippen LogP contribution is -2.35. The number of carboxylic acid groups (broad SMARTS) is 1. The van der Waals surface area contributed by atoms with E-state index in [4.69, 9.17) is 9.90 Å². The lowest BCUT2D eigenvalue weighted by molar-refractivity contribution is -0.133. The molecule has 1 heterocycles. The minimum Gasteiger partial charge on any atom is -0.483 e. The number of anilines is 1. The van der Waals surface area contributed by atoms with Crippen molar-refractivity contribution in [3.8, 4) is 0 Å². The average molecular weight is 537 g/mol. The molecule has 3 amide bonds. The van der Waals surface area contributed by atoms with E-state index in [1.54, 1.807) is 0 Å². The highest BCUT2D eigenvalue weighted by Crippen LogP contribution is 2.25. The van der Waals surface area contributed by atoms with E-state index in [1.165, 1.54) is 17.5 Å². The number of hydrogen-bond donors (Lipinski definition) is 4. The van der Waals surface area contributed by atoms with Crippen LogP contribution in [0.2, 0.25) is 0 Å². The second kappa shape index (κ2) is 16.3. The molecule has 1 aliphatic heterocycles. The maximum Gasteiger partial charge on any atom is 0.290 e. The van der Waals surface area contributed by atoms with Crippen molar-refractivity contribution < 1.29 is 24.3 Å². The lowest BCUT2D eigenvalue weighted by Gasteiger charge is -2.23. The standard InChI is InChI=1S/C29H38N4O3.CH2O2/c34-27(32-25-13-12-22-10-6-11-24(22)20-25)14-15-29(36)33-18-5-4-16-30-26(23-8-2-1-3-9-23)21-28(35)31-17-7-19-33;2-1-3/h1-3,8-9,12-13,20,26,30H,4-7,10-11,14-19,21H2,(H,31,35)(H,32,34);1H,(H,2,3). The third kappa shape index (κ3) is 10.2. The first kappa shape index (κ1) is 29.8. The number of carbonyl (C=O) groups is 4. The number of rotatable bonds is 5. The van der Waals surface area contributed by atoms with Gasteiger partial charge in [-0.05, 0) is 73.9 Å². The van der Waals surface area contributed by atoms with Gasteiger partial charge < -0.3 is 26.0 Å². The van der Waals surface area contributed by atoms with E-state index in [0.29, 0.717) is 32.5 Å². The van der Waals surface area contributed by atoms with Gasteiger partial charge in [0.05, 0.1) is 0 Å². The molecule has 1 atom stereocenters. The van der Waals surface area contributed by atoms with Crippen LogP contribution in [0.5, 0.6) is 0 Å². The third-order valence-electron chi connectivity index (χ3n) is 7.06. The second-order valence-electron chi connectivity index (χ2n) is 9.90. The zero-order valence-electron chi connectivity index (χ0n) is 22.5. The van der Waals surface area contributed by atoms with Gasteiger partial charge in [0.15, 0.2) is 0 Å². The molecule has 0 saturated carbocycles. The largest absolute Gasteiger partial charge is 0.483 e. The van der Waals surface area contributed by atoms with Gasteiger partial charge >= 0.3 is 0 Å². The Bertz CT molecular complexity index is 1090. The van der Waals surface area contributed by atoms with Crippen LogP contribution in [-0.2, 0) is 32.0 Å². The number of nitrogens with one attached hydrogen (secondary N) is 3. The van der Waals surface area contributed by atoms with E-state index in [2.05, 4.69) is 28.1 Å². The molecule has 0 radical (unpaired) electrons. The van der Waals surface area contributed by atoms with Crippen LogP contribution < -0.4 is 16.0 Å². The summed E-state index contributed by atoms with van der Waals surface area (Å²) in [4.78, 5) is 48.1. The van der Waals surface area contributed by atoms with Crippen molar-refractivity contribution in [2.45, 2.75) is 63.8 Å². The van der Waals surface area contributed by atoms with Crippen molar-refractivity contribution in [1.29, 1.82) is 0 Å². The van der Waals surface area contributed by atoms with E-state index in [0.717, 1.165) is 43.5 Å². The predicted molar refractivity (Wildman–Crippen MR) is 150 cm³/mol. The van der Waals surface area contributed by atoms with Gasteiger partial charge in [-0.25, -0.2) is 0 Å². The molecule has 2 aromatic rings. The van der Waals surface area contributed by atoms with Crippen molar-refractivity contribution >= 4 is 29.9 Å². The smallest absolute Gasteiger partial charge is 0.290 e. The average Bonchev–Trinajstić information content (AvgIpc) is 3.41. The van der Waals surface area contributed by atoms with E-state index < -0.39 is 0 Å². The van der Waals surface area contributed by atoms with Crippen molar-refractivity contribution in [3.63, 3.8) is 0 Å². The summed E-state index contributed by atoms with van der Waals surface area (Å²) in [7, 11) is 0. The summed E-state index contributed by atoms with van der Waals surface area (Å²) < 4.78 is 0. The number of fused-ring (bicyclic) bond motifs is 1. The summed E-state index contributed by atoms with van der Waals surface area (Å²) in [6, 6.07) is 16.1. The van der Waals surface area contributed by atoms with E-state index in [9.17, 15) is 14.4 Å². The molecule has 9 nitrogen and oxygen atoms in total. The summed E-state index contributed by atoms with van der Waals surface area (Å²) in [5.41, 5.74) is 4.61. The van der Waals surface area contributed by atoms with E-state index >= 15 is 0 Å². The number of amides is 3. The van der Waals surface area contributed by atoms with Crippen LogP contribution in [0.3, 0.4) is 0 Å². The van der Waals surface area contributed by atoms with Crippen LogP contribution in [0, 0.1) is 0 Å². The highest BCUT2D eigenvalue weighted by Gasteiger charge is 2.19. The molecule has 2 aromatic carbocycles. The maximum absolute atomic E-state index is 12.9. The molecule has 9 heteroatoms. The van der Waals surface area contributed by atoms with Gasteiger partial charge in [0.25, 0.3) is 6.47 Å². The Morgan fingerprint density at radius 3 is 2.49 bits per heavy atom. The van der Waals surface area contributed by atoms with Crippen molar-refractivity contribution in [2.24, 2.45) is 0 Å². The first-order valence-electron chi connectivity index (χ1n) is 13.8. The summed E-state index contributed by atoms with van der Waals surface area (Å²) >= 11 is 0. The molecule has 0 spiro atoms. The van der Waals surface area contributed by atoms with Gasteiger partial charge in [-0.1, -0.05) is 36.4 Å². The zero-order chi connectivity index (χ0) is 27.9. The van der Waals surface area contributed by atoms with E-state index in [-0.39, 0.29) is 43.1 Å². The first-order chi connectivity index (χ1) is 19.0. The van der Waals surface area contributed by atoms with Gasteiger partial charge in [-0.15, -0.1) is 0 Å². The molecule has 1 aliphatic carbocycles. The van der Waals surface area contributed by atoms with Crippen molar-refractivity contribution in [2.75, 3.05) is 31.5 Å². The van der Waals surface area contributed by atoms with Crippen LogP contribution in [0.1, 0.15) is 67.7 Å². The quantitative estimate of drug-likeness (QED) is 0.434. The first-order valence-corrected chi connectivity index (χ1v) is 13.8. The van der Waals surface area contributed by atoms with Crippen molar-refractivity contribution in [1.82, 2.24) is 15.5 Å². The summed E-state index contributed by atoms with van der Waals surface area (Å²) in [5.74, 6) is -0.123. The molecule has 0 aromatic heterocycles. The molecule has 2 aliphatic rings. The Morgan fingerprint density at radius 1 is 0.949 bits per heavy atom. The fourth-order valence-corrected chi connectivity index (χ4v) is 5.07. The van der Waals surface area contributed by atoms with Gasteiger partial charge in [0.2, 0.25) is 17.7 Å². The molecule has 4 rings (SSSR count). The Kier molecular flexibility index (Phi) is 12.5. The molecule has 1 fully saturated rings. The molecule has 4 N–H and O–H groups in total. The molecule has 1 saturated heterocycles. The number of carbonyl (C=O) groups excluding carboxylic acids is 3. The molecule has 1 unspecified atom stereocenters. The number of benzene rings is 2. The Morgan fingerprint density at radius 2 is 1.69 bits per heavy atom. The predicted octanol–water partition coefficient (Wildman–Crippen LogP) is 3.44. The number of hydrogen-bond acceptors (Lipinski definition) is 5. The van der Waals surface area contributed by atoms with Crippen LogP contribution in [0.4, 0.5) is 5.69 Å². The monoisotopic (exact) mass is 536 g/mol. The van der Waals surface area contributed by atoms with Gasteiger partial charge in [0, 0.05) is 50.6 Å². The number of nitrogens with zero attached hydrogens (tertiary/aromatic N) is 1. The summed E-state index contributed by atoms with van der Waals surface area (Å²) in [5, 5.41) is 16.3. The highest BCUT2D eigenvalue weighted by molar-refractivity contribution is 5.93. The van der Waals surface area contributed by atoms with E-state index in [1.807, 2.05) is 41.3 Å². The van der Waals surface area contributed by atoms with Crippen LogP contribution >= 0.6 is 0 Å². The molecule has 39 heavy (non-hydrogen) atoms. The molecular weight excluding hydrogens is 496 g/mol.